The van der Waals surface area contributed by atoms with Gasteiger partial charge < -0.3 is 19.6 Å². The van der Waals surface area contributed by atoms with Crippen molar-refractivity contribution in [3.05, 3.63) is 23.3 Å². The van der Waals surface area contributed by atoms with Gasteiger partial charge in [-0.3, -0.25) is 4.90 Å². The van der Waals surface area contributed by atoms with Gasteiger partial charge in [-0.2, -0.15) is 0 Å². The predicted molar refractivity (Wildman–Crippen MR) is 134 cm³/mol. The highest BCUT2D eigenvalue weighted by Gasteiger charge is 2.52. The summed E-state index contributed by atoms with van der Waals surface area (Å²) in [6, 6.07) is 5.43. The van der Waals surface area contributed by atoms with Crippen LogP contribution in [0.3, 0.4) is 0 Å². The highest BCUT2D eigenvalue weighted by atomic mass is 16.5. The largest absolute Gasteiger partial charge is 0.504 e. The van der Waals surface area contributed by atoms with Crippen molar-refractivity contribution in [2.24, 2.45) is 11.8 Å². The SMILES string of the molecule is CCc1ccc(OC)c(O)c1C12CCN(C3CCN(C)C3)CCC1C(C)N(CC1CC1)CC2. The fraction of sp³-hybridized carbons (Fsp3) is 0.786. The number of hydrogen-bond acceptors (Lipinski definition) is 5. The number of aromatic hydroxyl groups is 1. The molecular formula is C28H45N3O2. The van der Waals surface area contributed by atoms with E-state index in [4.69, 9.17) is 4.74 Å². The van der Waals surface area contributed by atoms with Gasteiger partial charge in [-0.05, 0) is 109 Å². The molecule has 3 heterocycles. The van der Waals surface area contributed by atoms with E-state index in [0.717, 1.165) is 38.3 Å². The topological polar surface area (TPSA) is 39.2 Å². The van der Waals surface area contributed by atoms with Crippen LogP contribution in [0, 0.1) is 11.8 Å². The van der Waals surface area contributed by atoms with E-state index in [0.29, 0.717) is 29.5 Å². The van der Waals surface area contributed by atoms with Crippen molar-refractivity contribution in [1.82, 2.24) is 14.7 Å². The summed E-state index contributed by atoms with van der Waals surface area (Å²) in [5.74, 6) is 2.55. The van der Waals surface area contributed by atoms with Gasteiger partial charge in [-0.15, -0.1) is 0 Å². The molecule has 3 saturated heterocycles. The number of ether oxygens (including phenoxy) is 1. The molecule has 0 aromatic heterocycles. The number of likely N-dealkylation sites (N-methyl/N-ethyl adjacent to an activating group) is 1. The number of nitrogens with zero attached hydrogens (tertiary/aromatic N) is 3. The average molecular weight is 456 g/mol. The Morgan fingerprint density at radius 2 is 1.85 bits per heavy atom. The van der Waals surface area contributed by atoms with Crippen LogP contribution in [0.2, 0.25) is 0 Å². The Balaban J connectivity index is 1.53. The second-order valence-electron chi connectivity index (χ2n) is 11.5. The summed E-state index contributed by atoms with van der Waals surface area (Å²) in [7, 11) is 3.95. The van der Waals surface area contributed by atoms with E-state index in [2.05, 4.69) is 41.7 Å². The van der Waals surface area contributed by atoms with Gasteiger partial charge in [-0.25, -0.2) is 0 Å². The molecule has 5 heteroatoms. The van der Waals surface area contributed by atoms with E-state index in [1.807, 2.05) is 6.07 Å². The van der Waals surface area contributed by atoms with Gasteiger partial charge in [0.25, 0.3) is 0 Å². The van der Waals surface area contributed by atoms with Crippen molar-refractivity contribution in [2.45, 2.75) is 76.3 Å². The Morgan fingerprint density at radius 3 is 2.52 bits per heavy atom. The lowest BCUT2D eigenvalue weighted by Crippen LogP contribution is -2.55. The summed E-state index contributed by atoms with van der Waals surface area (Å²) in [4.78, 5) is 8.08. The zero-order chi connectivity index (χ0) is 23.2. The molecule has 4 aliphatic rings. The standard InChI is InChI=1S/C28H45N3O2/c1-5-22-8-9-25(33-4)27(32)26(22)28-12-16-30(23-10-14-29(3)19-23)15-11-24(28)20(2)31(17-13-28)18-21-6-7-21/h8-9,20-21,23-24,32H,5-7,10-19H2,1-4H3. The van der Waals surface area contributed by atoms with Crippen molar-refractivity contribution in [2.75, 3.05) is 53.4 Å². The minimum Gasteiger partial charge on any atom is -0.504 e. The van der Waals surface area contributed by atoms with Crippen LogP contribution in [0.1, 0.15) is 63.5 Å². The number of likely N-dealkylation sites (tertiary alicyclic amines) is 3. The third-order valence-corrected chi connectivity index (χ3v) is 9.68. The summed E-state index contributed by atoms with van der Waals surface area (Å²) in [5.41, 5.74) is 2.57. The van der Waals surface area contributed by atoms with Crippen LogP contribution < -0.4 is 4.74 Å². The summed E-state index contributed by atoms with van der Waals surface area (Å²) in [5, 5.41) is 11.5. The molecule has 1 aliphatic carbocycles. The van der Waals surface area contributed by atoms with Crippen LogP contribution in [0.25, 0.3) is 0 Å². The van der Waals surface area contributed by atoms with Crippen LogP contribution >= 0.6 is 0 Å². The Labute approximate surface area is 201 Å². The Morgan fingerprint density at radius 1 is 1.06 bits per heavy atom. The second-order valence-corrected chi connectivity index (χ2v) is 11.5. The number of piperidine rings is 1. The molecule has 33 heavy (non-hydrogen) atoms. The normalized spacial score (nSPS) is 34.2. The highest BCUT2D eigenvalue weighted by Crippen LogP contribution is 2.54. The Bertz CT molecular complexity index is 841. The number of phenols is 1. The quantitative estimate of drug-likeness (QED) is 0.699. The van der Waals surface area contributed by atoms with E-state index in [-0.39, 0.29) is 5.41 Å². The number of phenolic OH excluding ortho intramolecular Hbond substituents is 1. The number of aryl methyl sites for hydroxylation is 1. The van der Waals surface area contributed by atoms with Gasteiger partial charge >= 0.3 is 0 Å². The molecule has 1 aromatic rings. The maximum atomic E-state index is 11.5. The Hall–Kier alpha value is -1.30. The lowest BCUT2D eigenvalue weighted by molar-refractivity contribution is 0.0280. The summed E-state index contributed by atoms with van der Waals surface area (Å²) < 4.78 is 5.63. The lowest BCUT2D eigenvalue weighted by atomic mass is 9.59. The van der Waals surface area contributed by atoms with Crippen molar-refractivity contribution in [1.29, 1.82) is 0 Å². The van der Waals surface area contributed by atoms with Gasteiger partial charge in [0.1, 0.15) is 0 Å². The number of rotatable bonds is 6. The smallest absolute Gasteiger partial charge is 0.161 e. The predicted octanol–water partition coefficient (Wildman–Crippen LogP) is 4.12. The van der Waals surface area contributed by atoms with Gasteiger partial charge in [0.15, 0.2) is 11.5 Å². The molecule has 0 bridgehead atoms. The van der Waals surface area contributed by atoms with Gasteiger partial charge in [0.05, 0.1) is 7.11 Å². The van der Waals surface area contributed by atoms with Crippen molar-refractivity contribution in [3.63, 3.8) is 0 Å². The molecule has 1 aromatic carbocycles. The minimum atomic E-state index is 0.0304. The molecule has 0 radical (unpaired) electrons. The molecule has 4 atom stereocenters. The monoisotopic (exact) mass is 455 g/mol. The molecule has 4 unspecified atom stereocenters. The molecular weight excluding hydrogens is 410 g/mol. The van der Waals surface area contributed by atoms with E-state index in [1.165, 1.54) is 63.0 Å². The lowest BCUT2D eigenvalue weighted by Gasteiger charge is -2.52. The molecule has 0 amide bonds. The van der Waals surface area contributed by atoms with E-state index in [9.17, 15) is 5.11 Å². The third-order valence-electron chi connectivity index (χ3n) is 9.68. The number of methoxy groups -OCH3 is 1. The zero-order valence-electron chi connectivity index (χ0n) is 21.4. The molecule has 5 nitrogen and oxygen atoms in total. The van der Waals surface area contributed by atoms with Crippen molar-refractivity contribution >= 4 is 0 Å². The van der Waals surface area contributed by atoms with Gasteiger partial charge in [0, 0.05) is 36.2 Å². The first-order chi connectivity index (χ1) is 16.0. The first-order valence-corrected chi connectivity index (χ1v) is 13.5. The van der Waals surface area contributed by atoms with Crippen LogP contribution in [0.5, 0.6) is 11.5 Å². The average Bonchev–Trinajstić information content (AvgIpc) is 3.57. The molecule has 5 rings (SSSR count). The molecule has 1 N–H and O–H groups in total. The van der Waals surface area contributed by atoms with E-state index >= 15 is 0 Å². The summed E-state index contributed by atoms with van der Waals surface area (Å²) in [6.45, 7) is 11.9. The van der Waals surface area contributed by atoms with Crippen molar-refractivity contribution in [3.8, 4) is 11.5 Å². The van der Waals surface area contributed by atoms with Crippen LogP contribution in [-0.2, 0) is 11.8 Å². The summed E-state index contributed by atoms with van der Waals surface area (Å²) in [6.07, 6.45) is 8.61. The first-order valence-electron chi connectivity index (χ1n) is 13.5. The van der Waals surface area contributed by atoms with Gasteiger partial charge in [-0.1, -0.05) is 13.0 Å². The molecule has 0 spiro atoms. The number of hydrogen-bond donors (Lipinski definition) is 1. The number of benzene rings is 1. The highest BCUT2D eigenvalue weighted by molar-refractivity contribution is 5.54. The van der Waals surface area contributed by atoms with Crippen molar-refractivity contribution < 1.29 is 9.84 Å². The van der Waals surface area contributed by atoms with Crippen LogP contribution in [-0.4, -0.2) is 85.3 Å². The first kappa shape index (κ1) is 23.4. The molecule has 184 valence electrons. The fourth-order valence-electron chi connectivity index (χ4n) is 7.56. The maximum absolute atomic E-state index is 11.5. The summed E-state index contributed by atoms with van der Waals surface area (Å²) >= 11 is 0. The van der Waals surface area contributed by atoms with Crippen LogP contribution in [0.4, 0.5) is 0 Å². The Kier molecular flexibility index (Phi) is 6.67. The third kappa shape index (κ3) is 4.30. The second kappa shape index (κ2) is 9.39. The molecule has 3 aliphatic heterocycles. The van der Waals surface area contributed by atoms with Gasteiger partial charge in [0.2, 0.25) is 0 Å². The minimum absolute atomic E-state index is 0.0304. The van der Waals surface area contributed by atoms with E-state index in [1.54, 1.807) is 7.11 Å². The maximum Gasteiger partial charge on any atom is 0.161 e. The van der Waals surface area contributed by atoms with Crippen LogP contribution in [0.15, 0.2) is 12.1 Å². The number of fused-ring (bicyclic) bond motifs is 1. The van der Waals surface area contributed by atoms with E-state index < -0.39 is 0 Å². The zero-order valence-corrected chi connectivity index (χ0v) is 21.4. The molecule has 1 saturated carbocycles. The fourth-order valence-corrected chi connectivity index (χ4v) is 7.56. The molecule has 4 fully saturated rings.